The van der Waals surface area contributed by atoms with Gasteiger partial charge in [0.1, 0.15) is 17.1 Å². The zero-order valence-corrected chi connectivity index (χ0v) is 16.8. The Kier molecular flexibility index (Phi) is 5.47. The van der Waals surface area contributed by atoms with Crippen LogP contribution in [-0.2, 0) is 13.6 Å². The molecular formula is C20H14ClF2N5O3. The van der Waals surface area contributed by atoms with E-state index in [1.165, 1.54) is 16.8 Å². The summed E-state index contributed by atoms with van der Waals surface area (Å²) in [5, 5.41) is 0.526. The van der Waals surface area contributed by atoms with Gasteiger partial charge >= 0.3 is 6.61 Å². The smallest absolute Gasteiger partial charge is 0.387 e. The number of pyridine rings is 1. The van der Waals surface area contributed by atoms with Crippen LogP contribution in [0, 0.1) is 0 Å². The van der Waals surface area contributed by atoms with Crippen LogP contribution < -0.4 is 10.3 Å². The molecular weight excluding hydrogens is 432 g/mol. The van der Waals surface area contributed by atoms with Crippen molar-refractivity contribution in [2.75, 3.05) is 0 Å². The van der Waals surface area contributed by atoms with E-state index in [0.29, 0.717) is 22.8 Å². The van der Waals surface area contributed by atoms with Crippen LogP contribution in [0.25, 0.3) is 22.0 Å². The van der Waals surface area contributed by atoms with E-state index in [1.807, 2.05) is 0 Å². The second-order valence-corrected chi connectivity index (χ2v) is 6.87. The fourth-order valence-corrected chi connectivity index (χ4v) is 3.33. The lowest BCUT2D eigenvalue weighted by molar-refractivity contribution is -0.0508. The zero-order chi connectivity index (χ0) is 22.1. The van der Waals surface area contributed by atoms with Gasteiger partial charge < -0.3 is 4.74 Å². The quantitative estimate of drug-likeness (QED) is 0.334. The molecule has 0 saturated heterocycles. The number of benzene rings is 1. The minimum absolute atomic E-state index is 0.0529. The van der Waals surface area contributed by atoms with Gasteiger partial charge in [-0.05, 0) is 41.4 Å². The van der Waals surface area contributed by atoms with E-state index in [9.17, 15) is 18.4 Å². The standard InChI is InChI=1S/C20H14ClF2N5O3/c1-27-18(30)14-4-2-11(12-7-24-19(21)25-8-12)6-16(14)28(27)9-15-17(31-20(22)23)5-3-13(10-29)26-15/h2-8,10,20H,9H2,1H3. The summed E-state index contributed by atoms with van der Waals surface area (Å²) >= 11 is 5.74. The largest absolute Gasteiger partial charge is 0.433 e. The molecule has 0 amide bonds. The average molecular weight is 446 g/mol. The third-order valence-corrected chi connectivity index (χ3v) is 4.90. The highest BCUT2D eigenvalue weighted by Gasteiger charge is 2.17. The number of halogens is 3. The molecule has 0 atom stereocenters. The lowest BCUT2D eigenvalue weighted by Gasteiger charge is -2.14. The molecule has 1 aromatic carbocycles. The molecule has 0 radical (unpaired) electrons. The van der Waals surface area contributed by atoms with Crippen molar-refractivity contribution in [1.29, 1.82) is 0 Å². The van der Waals surface area contributed by atoms with Crippen molar-refractivity contribution >= 4 is 28.8 Å². The number of hydrogen-bond donors (Lipinski definition) is 0. The maximum absolute atomic E-state index is 12.8. The molecule has 0 bridgehead atoms. The normalized spacial score (nSPS) is 11.3. The first-order chi connectivity index (χ1) is 14.9. The summed E-state index contributed by atoms with van der Waals surface area (Å²) in [6.45, 7) is -3.15. The predicted molar refractivity (Wildman–Crippen MR) is 109 cm³/mol. The SMILES string of the molecule is Cn1c(=O)c2ccc(-c3cnc(Cl)nc3)cc2n1Cc1nc(C=O)ccc1OC(F)F. The molecule has 0 aliphatic heterocycles. The Morgan fingerprint density at radius 1 is 1.16 bits per heavy atom. The number of carbonyl (C=O) groups is 1. The van der Waals surface area contributed by atoms with Gasteiger partial charge in [0.25, 0.3) is 5.56 Å². The monoisotopic (exact) mass is 445 g/mol. The van der Waals surface area contributed by atoms with Crippen LogP contribution in [-0.4, -0.2) is 37.2 Å². The predicted octanol–water partition coefficient (Wildman–Crippen LogP) is 3.31. The molecule has 0 N–H and O–H groups in total. The lowest BCUT2D eigenvalue weighted by Crippen LogP contribution is -2.20. The van der Waals surface area contributed by atoms with E-state index >= 15 is 0 Å². The molecule has 4 rings (SSSR count). The summed E-state index contributed by atoms with van der Waals surface area (Å²) in [5.41, 5.74) is 1.78. The topological polar surface area (TPSA) is 91.9 Å². The number of carbonyl (C=O) groups excluding carboxylic acids is 1. The third-order valence-electron chi connectivity index (χ3n) is 4.71. The number of rotatable bonds is 6. The number of aldehydes is 1. The highest BCUT2D eigenvalue weighted by molar-refractivity contribution is 6.28. The number of fused-ring (bicyclic) bond motifs is 1. The van der Waals surface area contributed by atoms with Gasteiger partial charge in [-0.2, -0.15) is 8.78 Å². The third kappa shape index (κ3) is 4.02. The summed E-state index contributed by atoms with van der Waals surface area (Å²) < 4.78 is 33.1. The Bertz CT molecular complexity index is 1340. The number of ether oxygens (including phenoxy) is 1. The number of alkyl halides is 2. The van der Waals surface area contributed by atoms with Gasteiger partial charge in [0.05, 0.1) is 17.4 Å². The molecule has 3 aromatic heterocycles. The van der Waals surface area contributed by atoms with Crippen LogP contribution in [0.15, 0.2) is 47.5 Å². The molecule has 0 unspecified atom stereocenters. The Morgan fingerprint density at radius 2 is 1.90 bits per heavy atom. The van der Waals surface area contributed by atoms with E-state index in [1.54, 1.807) is 42.3 Å². The highest BCUT2D eigenvalue weighted by atomic mass is 35.5. The highest BCUT2D eigenvalue weighted by Crippen LogP contribution is 2.25. The van der Waals surface area contributed by atoms with Crippen LogP contribution >= 0.6 is 11.6 Å². The molecule has 3 heterocycles. The first-order valence-corrected chi connectivity index (χ1v) is 9.32. The van der Waals surface area contributed by atoms with E-state index in [2.05, 4.69) is 19.7 Å². The summed E-state index contributed by atoms with van der Waals surface area (Å²) in [5.74, 6) is -0.183. The van der Waals surface area contributed by atoms with Crippen molar-refractivity contribution in [3.8, 4) is 16.9 Å². The van der Waals surface area contributed by atoms with Crippen LogP contribution in [0.2, 0.25) is 5.28 Å². The van der Waals surface area contributed by atoms with Crippen molar-refractivity contribution in [3.05, 3.63) is 69.8 Å². The van der Waals surface area contributed by atoms with Crippen molar-refractivity contribution in [2.45, 2.75) is 13.2 Å². The fourth-order valence-electron chi connectivity index (χ4n) is 3.23. The first kappa shape index (κ1) is 20.6. The molecule has 8 nitrogen and oxygen atoms in total. The minimum atomic E-state index is -3.07. The molecule has 158 valence electrons. The van der Waals surface area contributed by atoms with Crippen LogP contribution in [0.4, 0.5) is 8.78 Å². The van der Waals surface area contributed by atoms with Crippen LogP contribution in [0.3, 0.4) is 0 Å². The van der Waals surface area contributed by atoms with Gasteiger partial charge in [-0.25, -0.2) is 15.0 Å². The first-order valence-electron chi connectivity index (χ1n) is 8.94. The maximum Gasteiger partial charge on any atom is 0.387 e. The van der Waals surface area contributed by atoms with Crippen LogP contribution in [0.1, 0.15) is 16.2 Å². The molecule has 0 aliphatic rings. The van der Waals surface area contributed by atoms with E-state index in [4.69, 9.17) is 11.6 Å². The Hall–Kier alpha value is -3.66. The Labute approximate surface area is 178 Å². The second kappa shape index (κ2) is 8.23. The Balaban J connectivity index is 1.85. The van der Waals surface area contributed by atoms with Gasteiger partial charge in [-0.1, -0.05) is 6.07 Å². The number of hydrogen-bond acceptors (Lipinski definition) is 6. The van der Waals surface area contributed by atoms with Crippen molar-refractivity contribution in [2.24, 2.45) is 7.05 Å². The molecule has 31 heavy (non-hydrogen) atoms. The van der Waals surface area contributed by atoms with E-state index in [0.717, 1.165) is 5.56 Å². The van der Waals surface area contributed by atoms with E-state index in [-0.39, 0.29) is 34.5 Å². The zero-order valence-electron chi connectivity index (χ0n) is 16.0. The summed E-state index contributed by atoms with van der Waals surface area (Å²) in [7, 11) is 1.55. The summed E-state index contributed by atoms with van der Waals surface area (Å²) in [4.78, 5) is 35.8. The van der Waals surface area contributed by atoms with Gasteiger partial charge in [0.2, 0.25) is 5.28 Å². The van der Waals surface area contributed by atoms with Crippen molar-refractivity contribution < 1.29 is 18.3 Å². The summed E-state index contributed by atoms with van der Waals surface area (Å²) in [6, 6.07) is 7.68. The maximum atomic E-state index is 12.8. The lowest BCUT2D eigenvalue weighted by atomic mass is 10.1. The summed E-state index contributed by atoms with van der Waals surface area (Å²) in [6.07, 6.45) is 3.60. The van der Waals surface area contributed by atoms with Gasteiger partial charge in [0.15, 0.2) is 6.29 Å². The van der Waals surface area contributed by atoms with Gasteiger partial charge in [-0.15, -0.1) is 0 Å². The van der Waals surface area contributed by atoms with Crippen molar-refractivity contribution in [3.63, 3.8) is 0 Å². The van der Waals surface area contributed by atoms with Gasteiger partial charge in [0, 0.05) is 25.0 Å². The molecule has 0 aliphatic carbocycles. The fraction of sp³-hybridized carbons (Fsp3) is 0.150. The van der Waals surface area contributed by atoms with Crippen LogP contribution in [0.5, 0.6) is 5.75 Å². The Morgan fingerprint density at radius 3 is 2.58 bits per heavy atom. The molecule has 0 saturated carbocycles. The average Bonchev–Trinajstić information content (AvgIpc) is 2.99. The minimum Gasteiger partial charge on any atom is -0.433 e. The van der Waals surface area contributed by atoms with Gasteiger partial charge in [-0.3, -0.25) is 19.0 Å². The molecule has 4 aromatic rings. The number of aromatic nitrogens is 5. The molecule has 0 spiro atoms. The number of nitrogens with zero attached hydrogens (tertiary/aromatic N) is 5. The molecule has 0 fully saturated rings. The second-order valence-electron chi connectivity index (χ2n) is 6.54. The molecule has 11 heteroatoms. The van der Waals surface area contributed by atoms with Crippen molar-refractivity contribution in [1.82, 2.24) is 24.3 Å². The van der Waals surface area contributed by atoms with E-state index < -0.39 is 6.61 Å².